The third-order valence-electron chi connectivity index (χ3n) is 6.90. The summed E-state index contributed by atoms with van der Waals surface area (Å²) in [5.74, 6) is 0.159. The molecule has 1 aliphatic carbocycles. The highest BCUT2D eigenvalue weighted by atomic mass is 35.5. The summed E-state index contributed by atoms with van der Waals surface area (Å²) in [6.07, 6.45) is 5.34. The van der Waals surface area contributed by atoms with E-state index < -0.39 is 5.60 Å². The van der Waals surface area contributed by atoms with Gasteiger partial charge >= 0.3 is 0 Å². The summed E-state index contributed by atoms with van der Waals surface area (Å²) in [6.45, 7) is 5.32. The Hall–Kier alpha value is -1.39. The van der Waals surface area contributed by atoms with Crippen LogP contribution < -0.4 is 0 Å². The molecule has 0 aromatic heterocycles. The van der Waals surface area contributed by atoms with Crippen LogP contribution in [0.5, 0.6) is 0 Å². The molecule has 0 bridgehead atoms. The molecular formula is C25H33ClN2O. The van der Waals surface area contributed by atoms with Gasteiger partial charge in [0.1, 0.15) is 0 Å². The molecule has 1 unspecified atom stereocenters. The second-order valence-electron chi connectivity index (χ2n) is 8.92. The van der Waals surface area contributed by atoms with Crippen molar-refractivity contribution < 1.29 is 5.11 Å². The van der Waals surface area contributed by atoms with Crippen molar-refractivity contribution in [2.45, 2.75) is 43.6 Å². The third kappa shape index (κ3) is 4.86. The van der Waals surface area contributed by atoms with E-state index in [-0.39, 0.29) is 5.92 Å². The third-order valence-corrected chi connectivity index (χ3v) is 7.23. The zero-order chi connectivity index (χ0) is 20.3. The monoisotopic (exact) mass is 412 g/mol. The topological polar surface area (TPSA) is 26.7 Å². The van der Waals surface area contributed by atoms with Crippen molar-refractivity contribution in [3.05, 3.63) is 59.1 Å². The van der Waals surface area contributed by atoms with Crippen molar-refractivity contribution in [2.24, 2.45) is 0 Å². The van der Waals surface area contributed by atoms with Gasteiger partial charge in [-0.3, -0.25) is 0 Å². The first-order chi connectivity index (χ1) is 14.0. The molecule has 1 atom stereocenters. The molecule has 29 heavy (non-hydrogen) atoms. The maximum absolute atomic E-state index is 11.6. The van der Waals surface area contributed by atoms with Gasteiger partial charge in [0.05, 0.1) is 5.60 Å². The van der Waals surface area contributed by atoms with Crippen LogP contribution in [0.2, 0.25) is 5.02 Å². The fourth-order valence-electron chi connectivity index (χ4n) is 4.98. The first-order valence-electron chi connectivity index (χ1n) is 11.0. The molecule has 3 nitrogen and oxygen atoms in total. The minimum atomic E-state index is -0.590. The number of likely N-dealkylation sites (N-methyl/N-ethyl adjacent to an activating group) is 1. The van der Waals surface area contributed by atoms with Crippen LogP contribution in [0.4, 0.5) is 0 Å². The van der Waals surface area contributed by atoms with E-state index in [1.54, 1.807) is 0 Å². The summed E-state index contributed by atoms with van der Waals surface area (Å²) in [5.41, 5.74) is 2.86. The molecular weight excluding hydrogens is 380 g/mol. The highest BCUT2D eigenvalue weighted by Crippen LogP contribution is 2.41. The lowest BCUT2D eigenvalue weighted by molar-refractivity contribution is -0.0337. The summed E-state index contributed by atoms with van der Waals surface area (Å²) in [7, 11) is 2.19. The summed E-state index contributed by atoms with van der Waals surface area (Å²) in [6, 6.07) is 16.7. The molecule has 156 valence electrons. The number of aliphatic hydroxyl groups is 1. The quantitative estimate of drug-likeness (QED) is 0.745. The molecule has 1 aliphatic heterocycles. The number of hydrogen-bond donors (Lipinski definition) is 1. The highest BCUT2D eigenvalue weighted by Gasteiger charge is 2.39. The molecule has 1 saturated carbocycles. The van der Waals surface area contributed by atoms with Crippen LogP contribution in [-0.2, 0) is 0 Å². The van der Waals surface area contributed by atoms with Crippen molar-refractivity contribution >= 4 is 11.6 Å². The zero-order valence-corrected chi connectivity index (χ0v) is 18.2. The number of hydrogen-bond acceptors (Lipinski definition) is 3. The Morgan fingerprint density at radius 1 is 0.931 bits per heavy atom. The Kier molecular flexibility index (Phi) is 6.60. The standard InChI is InChI=1S/C25H33ClN2O/c1-27-15-17-28(18-16-27)19-23(25(29)13-5-2-6-14-25)21-11-9-20(10-12-21)22-7-3-4-8-24(22)26/h3-4,7-12,23,29H,2,5-6,13-19H2,1H3. The largest absolute Gasteiger partial charge is 0.389 e. The molecule has 0 radical (unpaired) electrons. The van der Waals surface area contributed by atoms with E-state index in [2.05, 4.69) is 47.2 Å². The zero-order valence-electron chi connectivity index (χ0n) is 17.5. The van der Waals surface area contributed by atoms with Crippen LogP contribution in [0.15, 0.2) is 48.5 Å². The van der Waals surface area contributed by atoms with Crippen LogP contribution in [0, 0.1) is 0 Å². The molecule has 1 heterocycles. The molecule has 0 spiro atoms. The summed E-state index contributed by atoms with van der Waals surface area (Å²) in [5, 5.41) is 12.4. The fraction of sp³-hybridized carbons (Fsp3) is 0.520. The molecule has 0 amide bonds. The van der Waals surface area contributed by atoms with E-state index in [0.717, 1.165) is 74.6 Å². The molecule has 1 saturated heterocycles. The number of rotatable bonds is 5. The predicted molar refractivity (Wildman–Crippen MR) is 122 cm³/mol. The second kappa shape index (κ2) is 9.18. The SMILES string of the molecule is CN1CCN(CC(c2ccc(-c3ccccc3Cl)cc2)C2(O)CCCCC2)CC1. The molecule has 2 aromatic rings. The fourth-order valence-corrected chi connectivity index (χ4v) is 5.22. The van der Waals surface area contributed by atoms with Crippen molar-refractivity contribution in [2.75, 3.05) is 39.8 Å². The average Bonchev–Trinajstić information content (AvgIpc) is 2.74. The first-order valence-corrected chi connectivity index (χ1v) is 11.4. The van der Waals surface area contributed by atoms with Crippen LogP contribution in [0.1, 0.15) is 43.6 Å². The van der Waals surface area contributed by atoms with E-state index in [0.29, 0.717) is 0 Å². The van der Waals surface area contributed by atoms with Crippen LogP contribution in [-0.4, -0.2) is 60.3 Å². The predicted octanol–water partition coefficient (Wildman–Crippen LogP) is 5.03. The van der Waals surface area contributed by atoms with Gasteiger partial charge in [-0.1, -0.05) is 73.3 Å². The van der Waals surface area contributed by atoms with Gasteiger partial charge in [-0.25, -0.2) is 0 Å². The first kappa shape index (κ1) is 20.9. The van der Waals surface area contributed by atoms with Gasteiger partial charge in [0.25, 0.3) is 0 Å². The van der Waals surface area contributed by atoms with Crippen molar-refractivity contribution in [1.82, 2.24) is 9.80 Å². The highest BCUT2D eigenvalue weighted by molar-refractivity contribution is 6.33. The molecule has 2 fully saturated rings. The lowest BCUT2D eigenvalue weighted by Crippen LogP contribution is -2.50. The Morgan fingerprint density at radius 2 is 1.59 bits per heavy atom. The minimum absolute atomic E-state index is 0.159. The maximum Gasteiger partial charge on any atom is 0.0728 e. The average molecular weight is 413 g/mol. The Morgan fingerprint density at radius 3 is 2.24 bits per heavy atom. The van der Waals surface area contributed by atoms with E-state index in [9.17, 15) is 5.11 Å². The normalized spacial score (nSPS) is 21.8. The maximum atomic E-state index is 11.6. The van der Waals surface area contributed by atoms with Gasteiger partial charge in [-0.05, 0) is 37.1 Å². The van der Waals surface area contributed by atoms with Crippen molar-refractivity contribution in [3.63, 3.8) is 0 Å². The molecule has 4 heteroatoms. The molecule has 2 aromatic carbocycles. The number of halogens is 1. The lowest BCUT2D eigenvalue weighted by Gasteiger charge is -2.43. The van der Waals surface area contributed by atoms with Gasteiger partial charge < -0.3 is 14.9 Å². The van der Waals surface area contributed by atoms with E-state index in [1.807, 2.05) is 18.2 Å². The van der Waals surface area contributed by atoms with Crippen molar-refractivity contribution in [1.29, 1.82) is 0 Å². The van der Waals surface area contributed by atoms with E-state index in [4.69, 9.17) is 11.6 Å². The second-order valence-corrected chi connectivity index (χ2v) is 9.33. The van der Waals surface area contributed by atoms with Gasteiger partial charge in [-0.15, -0.1) is 0 Å². The van der Waals surface area contributed by atoms with Gasteiger partial charge in [0.15, 0.2) is 0 Å². The van der Waals surface area contributed by atoms with Crippen LogP contribution in [0.3, 0.4) is 0 Å². The van der Waals surface area contributed by atoms with Gasteiger partial charge in [-0.2, -0.15) is 0 Å². The van der Waals surface area contributed by atoms with Crippen LogP contribution >= 0.6 is 11.6 Å². The number of nitrogens with zero attached hydrogens (tertiary/aromatic N) is 2. The Bertz CT molecular complexity index is 793. The summed E-state index contributed by atoms with van der Waals surface area (Å²) < 4.78 is 0. The molecule has 2 aliphatic rings. The Labute approximate surface area is 180 Å². The number of piperazine rings is 1. The van der Waals surface area contributed by atoms with Gasteiger partial charge in [0.2, 0.25) is 0 Å². The number of benzene rings is 2. The summed E-state index contributed by atoms with van der Waals surface area (Å²) in [4.78, 5) is 4.93. The molecule has 1 N–H and O–H groups in total. The van der Waals surface area contributed by atoms with Crippen molar-refractivity contribution in [3.8, 4) is 11.1 Å². The summed E-state index contributed by atoms with van der Waals surface area (Å²) >= 11 is 6.39. The smallest absolute Gasteiger partial charge is 0.0728 e. The molecule has 4 rings (SSSR count). The lowest BCUT2D eigenvalue weighted by atomic mass is 9.72. The van der Waals surface area contributed by atoms with Gasteiger partial charge in [0, 0.05) is 49.2 Å². The van der Waals surface area contributed by atoms with Crippen LogP contribution in [0.25, 0.3) is 11.1 Å². The van der Waals surface area contributed by atoms with E-state index in [1.165, 1.54) is 12.0 Å². The Balaban J connectivity index is 1.59. The minimum Gasteiger partial charge on any atom is -0.389 e. The van der Waals surface area contributed by atoms with E-state index >= 15 is 0 Å².